The van der Waals surface area contributed by atoms with E-state index in [4.69, 9.17) is 15.2 Å². The lowest BCUT2D eigenvalue weighted by Gasteiger charge is -2.03. The molecule has 15 heavy (non-hydrogen) atoms. The first kappa shape index (κ1) is 13.8. The maximum Gasteiger partial charge on any atom is 0.336 e. The molecular formula is C11H21NO3. The van der Waals surface area contributed by atoms with Gasteiger partial charge < -0.3 is 15.2 Å². The highest BCUT2D eigenvalue weighted by molar-refractivity contribution is 5.82. The normalized spacial score (nSPS) is 11.2. The molecule has 0 aromatic carbocycles. The predicted molar refractivity (Wildman–Crippen MR) is 59.0 cm³/mol. The number of nitrogens with two attached hydrogens (primary N) is 1. The molecule has 0 unspecified atom stereocenters. The second-order valence-electron chi connectivity index (χ2n) is 3.21. The minimum absolute atomic E-state index is 0.107. The molecule has 4 nitrogen and oxygen atoms in total. The van der Waals surface area contributed by atoms with Crippen LogP contribution in [0.5, 0.6) is 0 Å². The van der Waals surface area contributed by atoms with Crippen LogP contribution in [-0.4, -0.2) is 19.2 Å². The van der Waals surface area contributed by atoms with Crippen molar-refractivity contribution in [2.75, 3.05) is 13.2 Å². The average molecular weight is 215 g/mol. The number of hydrogen-bond donors (Lipinski definition) is 1. The lowest BCUT2D eigenvalue weighted by atomic mass is 10.2. The molecule has 0 saturated heterocycles. The fourth-order valence-corrected chi connectivity index (χ4v) is 1.07. The zero-order valence-electron chi connectivity index (χ0n) is 9.62. The van der Waals surface area contributed by atoms with Gasteiger partial charge in [0.15, 0.2) is 5.88 Å². The number of hydrogen-bond acceptors (Lipinski definition) is 4. The minimum Gasteiger partial charge on any atom is -0.479 e. The van der Waals surface area contributed by atoms with Gasteiger partial charge in [-0.05, 0) is 13.3 Å². The molecule has 0 aromatic heterocycles. The second-order valence-corrected chi connectivity index (χ2v) is 3.21. The number of rotatable bonds is 8. The molecule has 4 heteroatoms. The number of carbonyl (C=O) groups excluding carboxylic acids is 1. The third-order valence-electron chi connectivity index (χ3n) is 1.81. The molecule has 0 aromatic rings. The van der Waals surface area contributed by atoms with Gasteiger partial charge in [-0.1, -0.05) is 26.2 Å². The Kier molecular flexibility index (Phi) is 8.63. The van der Waals surface area contributed by atoms with Gasteiger partial charge in [0, 0.05) is 0 Å². The quantitative estimate of drug-likeness (QED) is 0.291. The molecule has 0 fully saturated rings. The van der Waals surface area contributed by atoms with Gasteiger partial charge in [-0.3, -0.25) is 0 Å². The van der Waals surface area contributed by atoms with E-state index in [1.165, 1.54) is 18.9 Å². The first-order chi connectivity index (χ1) is 7.20. The average Bonchev–Trinajstić information content (AvgIpc) is 2.17. The molecule has 0 saturated carbocycles. The number of carbonyl (C=O) groups is 1. The van der Waals surface area contributed by atoms with E-state index in [9.17, 15) is 4.79 Å². The summed E-state index contributed by atoms with van der Waals surface area (Å²) >= 11 is 0. The van der Waals surface area contributed by atoms with Crippen LogP contribution in [0.2, 0.25) is 0 Å². The maximum atomic E-state index is 11.1. The van der Waals surface area contributed by atoms with Gasteiger partial charge in [0.05, 0.1) is 19.3 Å². The molecule has 0 bridgehead atoms. The van der Waals surface area contributed by atoms with Crippen molar-refractivity contribution in [2.45, 2.75) is 39.5 Å². The summed E-state index contributed by atoms with van der Waals surface area (Å²) in [7, 11) is 0. The monoisotopic (exact) mass is 215 g/mol. The van der Waals surface area contributed by atoms with E-state index in [1.54, 1.807) is 6.92 Å². The van der Waals surface area contributed by atoms with Crippen molar-refractivity contribution >= 4 is 5.97 Å². The van der Waals surface area contributed by atoms with Gasteiger partial charge in [0.25, 0.3) is 0 Å². The summed E-state index contributed by atoms with van der Waals surface area (Å²) in [6.45, 7) is 4.84. The fourth-order valence-electron chi connectivity index (χ4n) is 1.07. The first-order valence-corrected chi connectivity index (χ1v) is 5.47. The van der Waals surface area contributed by atoms with Crippen LogP contribution in [-0.2, 0) is 14.3 Å². The topological polar surface area (TPSA) is 61.5 Å². The Morgan fingerprint density at radius 1 is 1.20 bits per heavy atom. The van der Waals surface area contributed by atoms with Gasteiger partial charge in [-0.25, -0.2) is 4.79 Å². The van der Waals surface area contributed by atoms with Crippen LogP contribution >= 0.6 is 0 Å². The summed E-state index contributed by atoms with van der Waals surface area (Å²) in [4.78, 5) is 11.1. The predicted octanol–water partition coefficient (Wildman–Crippen LogP) is 1.95. The molecular weight excluding hydrogens is 194 g/mol. The Bertz CT molecular complexity index is 202. The van der Waals surface area contributed by atoms with Crippen molar-refractivity contribution in [2.24, 2.45) is 5.73 Å². The van der Waals surface area contributed by atoms with Crippen LogP contribution in [0.4, 0.5) is 0 Å². The Hall–Kier alpha value is -1.19. The molecule has 0 atom stereocenters. The summed E-state index contributed by atoms with van der Waals surface area (Å²) in [5, 5.41) is 0. The molecule has 2 N–H and O–H groups in total. The van der Waals surface area contributed by atoms with Gasteiger partial charge in [-0.15, -0.1) is 0 Å². The highest BCUT2D eigenvalue weighted by atomic mass is 16.5. The smallest absolute Gasteiger partial charge is 0.336 e. The maximum absolute atomic E-state index is 11.1. The van der Waals surface area contributed by atoms with Crippen molar-refractivity contribution in [3.05, 3.63) is 12.0 Å². The molecule has 0 aliphatic rings. The van der Waals surface area contributed by atoms with E-state index in [0.29, 0.717) is 13.2 Å². The van der Waals surface area contributed by atoms with E-state index < -0.39 is 5.97 Å². The molecule has 0 heterocycles. The van der Waals surface area contributed by atoms with E-state index in [0.717, 1.165) is 12.8 Å². The number of ether oxygens (including phenoxy) is 2. The summed E-state index contributed by atoms with van der Waals surface area (Å²) in [5.74, 6) is -0.325. The second kappa shape index (κ2) is 9.37. The van der Waals surface area contributed by atoms with Gasteiger partial charge in [0.1, 0.15) is 0 Å². The largest absolute Gasteiger partial charge is 0.479 e. The van der Waals surface area contributed by atoms with E-state index in [2.05, 4.69) is 6.92 Å². The molecule has 0 spiro atoms. The number of unbranched alkanes of at least 4 members (excludes halogenated alkanes) is 3. The Morgan fingerprint density at radius 2 is 1.93 bits per heavy atom. The molecule has 0 aliphatic heterocycles. The Morgan fingerprint density at radius 3 is 2.53 bits per heavy atom. The standard InChI is InChI=1S/C11H21NO3/c1-3-5-6-7-8-15-11(13)9-10(12)14-4-2/h9H,3-8,12H2,1-2H3. The third kappa shape index (κ3) is 9.12. The van der Waals surface area contributed by atoms with Gasteiger partial charge in [-0.2, -0.15) is 0 Å². The van der Waals surface area contributed by atoms with E-state index >= 15 is 0 Å². The van der Waals surface area contributed by atoms with Crippen LogP contribution in [0.3, 0.4) is 0 Å². The molecule has 88 valence electrons. The van der Waals surface area contributed by atoms with E-state index in [-0.39, 0.29) is 5.88 Å². The van der Waals surface area contributed by atoms with E-state index in [1.807, 2.05) is 0 Å². The first-order valence-electron chi connectivity index (χ1n) is 5.47. The Labute approximate surface area is 91.4 Å². The molecule has 0 rings (SSSR count). The summed E-state index contributed by atoms with van der Waals surface area (Å²) < 4.78 is 9.83. The van der Waals surface area contributed by atoms with Crippen LogP contribution < -0.4 is 5.73 Å². The van der Waals surface area contributed by atoms with Crippen molar-refractivity contribution < 1.29 is 14.3 Å². The SMILES string of the molecule is CCCCCCOC(=O)C=C(N)OCC. The Balaban J connectivity index is 3.52. The van der Waals surface area contributed by atoms with Gasteiger partial charge in [0.2, 0.25) is 0 Å². The minimum atomic E-state index is -0.433. The van der Waals surface area contributed by atoms with Crippen molar-refractivity contribution in [3.8, 4) is 0 Å². The zero-order valence-corrected chi connectivity index (χ0v) is 9.62. The molecule has 0 amide bonds. The lowest BCUT2D eigenvalue weighted by Crippen LogP contribution is -2.09. The van der Waals surface area contributed by atoms with Crippen LogP contribution in [0.15, 0.2) is 12.0 Å². The summed E-state index contributed by atoms with van der Waals surface area (Å²) in [6.07, 6.45) is 5.51. The van der Waals surface area contributed by atoms with Crippen molar-refractivity contribution in [1.29, 1.82) is 0 Å². The summed E-state index contributed by atoms with van der Waals surface area (Å²) in [5.41, 5.74) is 5.38. The molecule has 0 aliphatic carbocycles. The van der Waals surface area contributed by atoms with Crippen molar-refractivity contribution in [1.82, 2.24) is 0 Å². The fraction of sp³-hybridized carbons (Fsp3) is 0.727. The van der Waals surface area contributed by atoms with Crippen LogP contribution in [0.1, 0.15) is 39.5 Å². The van der Waals surface area contributed by atoms with Crippen LogP contribution in [0, 0.1) is 0 Å². The lowest BCUT2D eigenvalue weighted by molar-refractivity contribution is -0.138. The van der Waals surface area contributed by atoms with Crippen molar-refractivity contribution in [3.63, 3.8) is 0 Å². The van der Waals surface area contributed by atoms with Gasteiger partial charge >= 0.3 is 5.97 Å². The summed E-state index contributed by atoms with van der Waals surface area (Å²) in [6, 6.07) is 0. The zero-order chi connectivity index (χ0) is 11.5. The molecule has 0 radical (unpaired) electrons. The highest BCUT2D eigenvalue weighted by Gasteiger charge is 2.00. The number of esters is 1. The highest BCUT2D eigenvalue weighted by Crippen LogP contribution is 1.99. The third-order valence-corrected chi connectivity index (χ3v) is 1.81. The van der Waals surface area contributed by atoms with Crippen LogP contribution in [0.25, 0.3) is 0 Å².